The molecular weight excluding hydrogens is 793 g/mol. The number of nitrogens with zero attached hydrogens (tertiary/aromatic N) is 2. The van der Waals surface area contributed by atoms with Crippen LogP contribution in [0.5, 0.6) is 0 Å². The van der Waals surface area contributed by atoms with Gasteiger partial charge in [-0.15, -0.1) is 0 Å². The largest absolute Gasteiger partial charge is 1.00 e. The van der Waals surface area contributed by atoms with Crippen LogP contribution in [0.3, 0.4) is 0 Å². The van der Waals surface area contributed by atoms with Crippen LogP contribution in [0.25, 0.3) is 22.5 Å². The van der Waals surface area contributed by atoms with Crippen LogP contribution >= 0.6 is 15.8 Å². The Hall–Kier alpha value is -5.22. The van der Waals surface area contributed by atoms with Crippen molar-refractivity contribution in [2.75, 3.05) is 0 Å². The molecule has 0 aliphatic rings. The Morgan fingerprint density at radius 3 is 0.839 bits per heavy atom. The fourth-order valence-corrected chi connectivity index (χ4v) is 10.9. The van der Waals surface area contributed by atoms with E-state index in [4.69, 9.17) is 0 Å². The predicted molar refractivity (Wildman–Crippen MR) is 227 cm³/mol. The van der Waals surface area contributed by atoms with Crippen molar-refractivity contribution in [2.24, 2.45) is 0 Å². The minimum absolute atomic E-state index is 0. The second kappa shape index (κ2) is 21.2. The fourth-order valence-electron chi connectivity index (χ4n) is 5.98. The number of pyridine rings is 2. The molecule has 2 aromatic heterocycles. The molecule has 0 aliphatic carbocycles. The molecule has 0 saturated heterocycles. The Kier molecular flexibility index (Phi) is 15.9. The van der Waals surface area contributed by atoms with Gasteiger partial charge >= 0.3 is 24.3 Å². The molecule has 0 amide bonds. The van der Waals surface area contributed by atoms with Crippen molar-refractivity contribution in [1.29, 1.82) is 0 Å². The number of hydrogen-bond acceptors (Lipinski definition) is 2. The minimum atomic E-state index is -6.00. The van der Waals surface area contributed by atoms with Crippen LogP contribution in [0, 0.1) is 0 Å². The topological polar surface area (TPSA) is 25.8 Å². The monoisotopic (exact) mass is 828 g/mol. The van der Waals surface area contributed by atoms with Crippen molar-refractivity contribution in [3.63, 3.8) is 0 Å². The van der Waals surface area contributed by atoms with Gasteiger partial charge in [0.15, 0.2) is 0 Å². The summed E-state index contributed by atoms with van der Waals surface area (Å²) in [5.74, 6) is 0. The van der Waals surface area contributed by atoms with Crippen LogP contribution in [0.15, 0.2) is 219 Å². The van der Waals surface area contributed by atoms with Crippen LogP contribution in [0.4, 0.5) is 17.3 Å². The van der Waals surface area contributed by atoms with Gasteiger partial charge in [-0.3, -0.25) is 9.97 Å². The van der Waals surface area contributed by atoms with Crippen molar-refractivity contribution < 1.29 is 34.3 Å². The zero-order chi connectivity index (χ0) is 38.3. The summed E-state index contributed by atoms with van der Waals surface area (Å²) < 4.78 is 39.0. The van der Waals surface area contributed by atoms with E-state index in [-0.39, 0.29) is 17.1 Å². The van der Waals surface area contributed by atoms with Gasteiger partial charge in [-0.25, -0.2) is 0 Å². The van der Waals surface area contributed by atoms with Crippen molar-refractivity contribution in [2.45, 2.75) is 0 Å². The molecule has 10 heteroatoms. The third-order valence-corrected chi connectivity index (χ3v) is 13.2. The van der Waals surface area contributed by atoms with Gasteiger partial charge in [0, 0.05) is 23.5 Å². The van der Waals surface area contributed by atoms with Crippen molar-refractivity contribution in [1.82, 2.24) is 9.97 Å². The third kappa shape index (κ3) is 11.9. The van der Waals surface area contributed by atoms with Crippen LogP contribution < -0.4 is 31.8 Å². The molecule has 0 atom stereocenters. The maximum absolute atomic E-state index is 9.75. The standard InChI is InChI=1S/2C23H18NP.BF4.Cu/c2*1-3-11-19(12-4-1)25(20-13-5-2-6-14-20)23-17-8-7-15-21(23)22-16-9-10-18-24-22;2-1(3,4)5;/h2*1-18H;;/q;;-1;+1. The molecule has 0 bridgehead atoms. The summed E-state index contributed by atoms with van der Waals surface area (Å²) in [4.78, 5) is 9.18. The normalized spacial score (nSPS) is 10.7. The van der Waals surface area contributed by atoms with Gasteiger partial charge < -0.3 is 17.3 Å². The smallest absolute Gasteiger partial charge is 0.418 e. The van der Waals surface area contributed by atoms with E-state index in [1.165, 1.54) is 43.0 Å². The van der Waals surface area contributed by atoms with E-state index < -0.39 is 23.1 Å². The molecule has 56 heavy (non-hydrogen) atoms. The van der Waals surface area contributed by atoms with Crippen LogP contribution in [0.2, 0.25) is 0 Å². The molecule has 0 spiro atoms. The fraction of sp³-hybridized carbons (Fsp3) is 0. The van der Waals surface area contributed by atoms with Crippen LogP contribution in [0.1, 0.15) is 0 Å². The van der Waals surface area contributed by atoms with E-state index in [0.717, 1.165) is 11.4 Å². The molecular formula is C46H36BCuF4N2P2. The molecule has 0 fully saturated rings. The Morgan fingerprint density at radius 2 is 0.571 bits per heavy atom. The van der Waals surface area contributed by atoms with Gasteiger partial charge in [0.25, 0.3) is 0 Å². The first-order chi connectivity index (χ1) is 26.9. The minimum Gasteiger partial charge on any atom is -0.418 e. The van der Waals surface area contributed by atoms with Gasteiger partial charge in [0.1, 0.15) is 0 Å². The Labute approximate surface area is 338 Å². The molecule has 8 rings (SSSR count). The van der Waals surface area contributed by atoms with Gasteiger partial charge in [-0.1, -0.05) is 182 Å². The van der Waals surface area contributed by atoms with E-state index in [1.54, 1.807) is 0 Å². The molecule has 0 radical (unpaired) electrons. The summed E-state index contributed by atoms with van der Waals surface area (Å²) in [5.41, 5.74) is 4.47. The zero-order valence-corrected chi connectivity index (χ0v) is 32.7. The van der Waals surface area contributed by atoms with E-state index in [9.17, 15) is 17.3 Å². The van der Waals surface area contributed by atoms with Crippen molar-refractivity contribution >= 4 is 54.9 Å². The SMILES string of the molecule is F[B-](F)(F)F.[Cu+].c1ccc(P(c2ccccc2)c2ccccc2-c2ccccn2)cc1.c1ccc(P(c2ccccc2)c2ccccc2-c2ccccn2)cc1. The number of rotatable bonds is 8. The Morgan fingerprint density at radius 1 is 0.321 bits per heavy atom. The molecule has 282 valence electrons. The summed E-state index contributed by atoms with van der Waals surface area (Å²) in [6, 6.07) is 72.6. The number of benzene rings is 6. The first kappa shape index (κ1) is 41.9. The van der Waals surface area contributed by atoms with E-state index >= 15 is 0 Å². The maximum Gasteiger partial charge on any atom is 1.00 e. The summed E-state index contributed by atoms with van der Waals surface area (Å²) in [6.07, 6.45) is 3.72. The summed E-state index contributed by atoms with van der Waals surface area (Å²) in [7, 11) is -7.26. The molecule has 2 heterocycles. The second-order valence-corrected chi connectivity index (χ2v) is 16.3. The molecule has 0 aliphatic heterocycles. The van der Waals surface area contributed by atoms with Crippen molar-refractivity contribution in [3.8, 4) is 22.5 Å². The first-order valence-electron chi connectivity index (χ1n) is 17.6. The van der Waals surface area contributed by atoms with E-state index in [2.05, 4.69) is 192 Å². The molecule has 2 nitrogen and oxygen atoms in total. The predicted octanol–water partition coefficient (Wildman–Crippen LogP) is 10.3. The summed E-state index contributed by atoms with van der Waals surface area (Å²) in [6.45, 7) is 0. The number of aromatic nitrogens is 2. The first-order valence-corrected chi connectivity index (χ1v) is 20.2. The van der Waals surface area contributed by atoms with E-state index in [0.29, 0.717) is 0 Å². The van der Waals surface area contributed by atoms with E-state index in [1.807, 2.05) is 36.7 Å². The second-order valence-electron chi connectivity index (χ2n) is 12.0. The molecule has 0 unspecified atom stereocenters. The number of hydrogen-bond donors (Lipinski definition) is 0. The summed E-state index contributed by atoms with van der Waals surface area (Å²) >= 11 is 0. The Bertz CT molecular complexity index is 2080. The molecule has 0 N–H and O–H groups in total. The molecule has 0 saturated carbocycles. The number of halogens is 4. The maximum atomic E-state index is 9.75. The average molecular weight is 829 g/mol. The molecule has 6 aromatic carbocycles. The molecule has 8 aromatic rings. The van der Waals surface area contributed by atoms with Gasteiger partial charge in [-0.05, 0) is 71.9 Å². The van der Waals surface area contributed by atoms with Crippen LogP contribution in [-0.4, -0.2) is 17.2 Å². The quantitative estimate of drug-likeness (QED) is 0.0866. The third-order valence-electron chi connectivity index (χ3n) is 8.23. The zero-order valence-electron chi connectivity index (χ0n) is 30.0. The Balaban J connectivity index is 0.000000188. The van der Waals surface area contributed by atoms with Gasteiger partial charge in [0.2, 0.25) is 0 Å². The van der Waals surface area contributed by atoms with Gasteiger partial charge in [0.05, 0.1) is 11.4 Å². The van der Waals surface area contributed by atoms with Crippen LogP contribution in [-0.2, 0) is 17.1 Å². The average Bonchev–Trinajstić information content (AvgIpc) is 3.23. The van der Waals surface area contributed by atoms with Crippen molar-refractivity contribution in [3.05, 3.63) is 219 Å². The van der Waals surface area contributed by atoms with Gasteiger partial charge in [-0.2, -0.15) is 0 Å². The summed E-state index contributed by atoms with van der Waals surface area (Å²) in [5, 5.41) is 8.10.